The van der Waals surface area contributed by atoms with Crippen molar-refractivity contribution in [3.63, 3.8) is 0 Å². The number of nitrogens with zero attached hydrogens (tertiary/aromatic N) is 1. The van der Waals surface area contributed by atoms with Gasteiger partial charge >= 0.3 is 0 Å². The summed E-state index contributed by atoms with van der Waals surface area (Å²) in [5.74, 6) is 0.291. The minimum atomic E-state index is -0.728. The lowest BCUT2D eigenvalue weighted by atomic mass is 10.1. The van der Waals surface area contributed by atoms with Crippen molar-refractivity contribution in [2.24, 2.45) is 5.92 Å². The summed E-state index contributed by atoms with van der Waals surface area (Å²) in [6, 6.07) is 9.16. The minimum Gasteiger partial charge on any atom is -0.389 e. The number of amides is 1. The Labute approximate surface area is 139 Å². The molecule has 1 fully saturated rings. The molecular formula is C17H19ClN2O3. The zero-order chi connectivity index (χ0) is 16.2. The van der Waals surface area contributed by atoms with E-state index in [1.165, 1.54) is 12.8 Å². The minimum absolute atomic E-state index is 0.121. The number of pyridine rings is 1. The summed E-state index contributed by atoms with van der Waals surface area (Å²) < 4.78 is 5.40. The molecule has 0 aliphatic heterocycles. The number of aliphatic hydroxyl groups is 1. The number of hydrogen-bond donors (Lipinski definition) is 2. The van der Waals surface area contributed by atoms with Gasteiger partial charge in [0, 0.05) is 18.5 Å². The van der Waals surface area contributed by atoms with Gasteiger partial charge in [0.05, 0.1) is 12.7 Å². The molecule has 3 rings (SSSR count). The number of aliphatic hydroxyl groups excluding tert-OH is 1. The molecule has 2 aromatic rings. The van der Waals surface area contributed by atoms with E-state index in [9.17, 15) is 9.90 Å². The van der Waals surface area contributed by atoms with Gasteiger partial charge in [0.25, 0.3) is 5.91 Å². The summed E-state index contributed by atoms with van der Waals surface area (Å²) in [5, 5.41) is 14.4. The van der Waals surface area contributed by atoms with Crippen LogP contribution in [-0.4, -0.2) is 41.9 Å². The summed E-state index contributed by atoms with van der Waals surface area (Å²) in [6.07, 6.45) is 1.69. The first-order valence-corrected chi connectivity index (χ1v) is 8.10. The maximum Gasteiger partial charge on any atom is 0.270 e. The molecule has 0 bridgehead atoms. The molecule has 122 valence electrons. The summed E-state index contributed by atoms with van der Waals surface area (Å²) in [4.78, 5) is 16.3. The van der Waals surface area contributed by atoms with Gasteiger partial charge in [-0.15, -0.1) is 0 Å². The predicted octanol–water partition coefficient (Wildman–Crippen LogP) is 2.41. The zero-order valence-electron chi connectivity index (χ0n) is 12.7. The van der Waals surface area contributed by atoms with E-state index in [2.05, 4.69) is 10.3 Å². The molecule has 1 aliphatic rings. The van der Waals surface area contributed by atoms with E-state index in [-0.39, 0.29) is 24.8 Å². The van der Waals surface area contributed by atoms with E-state index in [0.717, 1.165) is 10.8 Å². The fourth-order valence-corrected chi connectivity index (χ4v) is 2.55. The van der Waals surface area contributed by atoms with Crippen LogP contribution in [0.3, 0.4) is 0 Å². The van der Waals surface area contributed by atoms with Crippen molar-refractivity contribution >= 4 is 28.3 Å². The van der Waals surface area contributed by atoms with Gasteiger partial charge in [-0.3, -0.25) is 4.79 Å². The van der Waals surface area contributed by atoms with Crippen LogP contribution in [0.15, 0.2) is 30.3 Å². The van der Waals surface area contributed by atoms with Gasteiger partial charge in [0.15, 0.2) is 0 Å². The molecule has 0 spiro atoms. The number of fused-ring (bicyclic) bond motifs is 1. The van der Waals surface area contributed by atoms with E-state index in [0.29, 0.717) is 17.7 Å². The highest BCUT2D eigenvalue weighted by Gasteiger charge is 2.21. The van der Waals surface area contributed by atoms with Gasteiger partial charge < -0.3 is 15.2 Å². The normalized spacial score (nSPS) is 15.6. The molecule has 1 heterocycles. The average molecular weight is 335 g/mol. The molecule has 5 nitrogen and oxygen atoms in total. The van der Waals surface area contributed by atoms with Crippen molar-refractivity contribution in [2.45, 2.75) is 18.9 Å². The molecule has 1 aliphatic carbocycles. The molecule has 23 heavy (non-hydrogen) atoms. The van der Waals surface area contributed by atoms with E-state index >= 15 is 0 Å². The Morgan fingerprint density at radius 1 is 1.43 bits per heavy atom. The number of aromatic nitrogens is 1. The van der Waals surface area contributed by atoms with Crippen LogP contribution in [0.1, 0.15) is 23.3 Å². The number of halogens is 1. The molecule has 1 amide bonds. The fraction of sp³-hybridized carbons (Fsp3) is 0.412. The summed E-state index contributed by atoms with van der Waals surface area (Å²) in [6.45, 7) is 1.03. The number of hydrogen-bond acceptors (Lipinski definition) is 4. The van der Waals surface area contributed by atoms with Crippen LogP contribution in [0.5, 0.6) is 0 Å². The first-order valence-electron chi connectivity index (χ1n) is 7.73. The lowest BCUT2D eigenvalue weighted by Gasteiger charge is -2.12. The highest BCUT2D eigenvalue weighted by Crippen LogP contribution is 2.28. The van der Waals surface area contributed by atoms with E-state index in [4.69, 9.17) is 16.3 Å². The largest absolute Gasteiger partial charge is 0.389 e. The molecule has 2 N–H and O–H groups in total. The van der Waals surface area contributed by atoms with Gasteiger partial charge in [-0.2, -0.15) is 0 Å². The lowest BCUT2D eigenvalue weighted by molar-refractivity contribution is 0.0320. The van der Waals surface area contributed by atoms with Crippen LogP contribution < -0.4 is 5.32 Å². The van der Waals surface area contributed by atoms with E-state index in [1.54, 1.807) is 6.07 Å². The van der Waals surface area contributed by atoms with Crippen molar-refractivity contribution in [1.29, 1.82) is 0 Å². The Morgan fingerprint density at radius 2 is 2.22 bits per heavy atom. The second kappa shape index (κ2) is 7.25. The summed E-state index contributed by atoms with van der Waals surface area (Å²) in [5.41, 5.74) is 0.236. The molecule has 0 radical (unpaired) electrons. The Balaban J connectivity index is 1.55. The zero-order valence-corrected chi connectivity index (χ0v) is 13.4. The summed E-state index contributed by atoms with van der Waals surface area (Å²) in [7, 11) is 0. The number of rotatable bonds is 7. The Morgan fingerprint density at radius 3 is 3.00 bits per heavy atom. The second-order valence-corrected chi connectivity index (χ2v) is 6.22. The molecule has 0 saturated heterocycles. The van der Waals surface area contributed by atoms with Crippen LogP contribution in [0, 0.1) is 5.92 Å². The van der Waals surface area contributed by atoms with Crippen molar-refractivity contribution in [3.8, 4) is 0 Å². The summed E-state index contributed by atoms with van der Waals surface area (Å²) >= 11 is 6.11. The van der Waals surface area contributed by atoms with E-state index < -0.39 is 6.10 Å². The first kappa shape index (κ1) is 16.2. The number of ether oxygens (including phenoxy) is 1. The van der Waals surface area contributed by atoms with Gasteiger partial charge in [-0.1, -0.05) is 35.9 Å². The standard InChI is InChI=1S/C17H19ClN2O3/c18-16-14-4-2-1-3-12(14)7-15(20-16)17(22)19-8-13(21)10-23-9-11-5-6-11/h1-4,7,11,13,21H,5-6,8-10H2,(H,19,22). The molecule has 1 aromatic heterocycles. The molecule has 1 aromatic carbocycles. The fourth-order valence-electron chi connectivity index (χ4n) is 2.29. The second-order valence-electron chi connectivity index (χ2n) is 5.86. The maximum absolute atomic E-state index is 12.2. The number of nitrogens with one attached hydrogen (secondary N) is 1. The Hall–Kier alpha value is -1.69. The van der Waals surface area contributed by atoms with Crippen molar-refractivity contribution in [2.75, 3.05) is 19.8 Å². The highest BCUT2D eigenvalue weighted by atomic mass is 35.5. The smallest absolute Gasteiger partial charge is 0.270 e. The van der Waals surface area contributed by atoms with Crippen LogP contribution in [0.2, 0.25) is 5.15 Å². The molecule has 1 saturated carbocycles. The third kappa shape index (κ3) is 4.41. The van der Waals surface area contributed by atoms with Gasteiger partial charge in [0.1, 0.15) is 10.8 Å². The molecule has 1 unspecified atom stereocenters. The van der Waals surface area contributed by atoms with Crippen LogP contribution in [0.4, 0.5) is 0 Å². The van der Waals surface area contributed by atoms with Crippen LogP contribution in [-0.2, 0) is 4.74 Å². The third-order valence-corrected chi connectivity index (χ3v) is 4.07. The number of benzene rings is 1. The van der Waals surface area contributed by atoms with Gasteiger partial charge in [0.2, 0.25) is 0 Å². The predicted molar refractivity (Wildman–Crippen MR) is 88.6 cm³/mol. The van der Waals surface area contributed by atoms with Crippen LogP contribution in [0.25, 0.3) is 10.8 Å². The SMILES string of the molecule is O=C(NCC(O)COCC1CC1)c1cc2ccccc2c(Cl)n1. The van der Waals surface area contributed by atoms with Crippen molar-refractivity contribution in [3.05, 3.63) is 41.2 Å². The van der Waals surface area contributed by atoms with Gasteiger partial charge in [-0.25, -0.2) is 4.98 Å². The van der Waals surface area contributed by atoms with Crippen molar-refractivity contribution in [1.82, 2.24) is 10.3 Å². The topological polar surface area (TPSA) is 71.5 Å². The molecule has 1 atom stereocenters. The molecular weight excluding hydrogens is 316 g/mol. The number of carbonyl (C=O) groups is 1. The van der Waals surface area contributed by atoms with Crippen molar-refractivity contribution < 1.29 is 14.6 Å². The monoisotopic (exact) mass is 334 g/mol. The average Bonchev–Trinajstić information content (AvgIpc) is 3.37. The third-order valence-electron chi connectivity index (χ3n) is 3.79. The quantitative estimate of drug-likeness (QED) is 0.763. The first-order chi connectivity index (χ1) is 11.1. The van der Waals surface area contributed by atoms with Gasteiger partial charge in [-0.05, 0) is 30.2 Å². The Bertz CT molecular complexity index is 703. The maximum atomic E-state index is 12.2. The lowest BCUT2D eigenvalue weighted by Crippen LogP contribution is -2.35. The van der Waals surface area contributed by atoms with Crippen LogP contribution >= 0.6 is 11.6 Å². The number of carbonyl (C=O) groups excluding carboxylic acids is 1. The molecule has 6 heteroatoms. The highest BCUT2D eigenvalue weighted by molar-refractivity contribution is 6.34. The van der Waals surface area contributed by atoms with E-state index in [1.807, 2.05) is 24.3 Å². The Kier molecular flexibility index (Phi) is 5.10.